The maximum atomic E-state index is 12.6. The van der Waals surface area contributed by atoms with E-state index < -0.39 is 0 Å². The largest absolute Gasteiger partial charge is 0.372 e. The first-order chi connectivity index (χ1) is 16.6. The van der Waals surface area contributed by atoms with E-state index in [0.717, 1.165) is 41.3 Å². The number of carbonyl (C=O) groups excluding carboxylic acids is 1. The zero-order valence-corrected chi connectivity index (χ0v) is 19.9. The average molecular weight is 451 g/mol. The highest BCUT2D eigenvalue weighted by molar-refractivity contribution is 5.95. The highest BCUT2D eigenvalue weighted by Gasteiger charge is 2.11. The summed E-state index contributed by atoms with van der Waals surface area (Å²) in [5.41, 5.74) is 9.70. The van der Waals surface area contributed by atoms with E-state index in [4.69, 9.17) is 0 Å². The van der Waals surface area contributed by atoms with Crippen molar-refractivity contribution in [1.29, 1.82) is 0 Å². The lowest BCUT2D eigenvalue weighted by molar-refractivity contribution is 0.0955. The lowest BCUT2D eigenvalue weighted by atomic mass is 10.1. The van der Waals surface area contributed by atoms with Crippen LogP contribution >= 0.6 is 0 Å². The average Bonchev–Trinajstić information content (AvgIpc) is 3.27. The Kier molecular flexibility index (Phi) is 7.23. The summed E-state index contributed by atoms with van der Waals surface area (Å²) < 4.78 is 2.19. The van der Waals surface area contributed by atoms with Crippen LogP contribution in [0.15, 0.2) is 96.1 Å². The van der Waals surface area contributed by atoms with Gasteiger partial charge in [0.25, 0.3) is 5.91 Å². The molecule has 34 heavy (non-hydrogen) atoms. The molecule has 0 spiro atoms. The number of carbonyl (C=O) groups is 1. The SMILES string of the molecule is CCN(CC)c1ccc(/C=N/NC(=O)c2ccc(-n3c(C)ccc3-c3ccccc3)cc2)cc1. The van der Waals surface area contributed by atoms with Crippen LogP contribution in [-0.2, 0) is 0 Å². The number of benzene rings is 3. The van der Waals surface area contributed by atoms with E-state index in [2.05, 4.69) is 77.2 Å². The van der Waals surface area contributed by atoms with Crippen molar-refractivity contribution < 1.29 is 4.79 Å². The van der Waals surface area contributed by atoms with E-state index >= 15 is 0 Å². The van der Waals surface area contributed by atoms with Crippen molar-refractivity contribution in [2.75, 3.05) is 18.0 Å². The second-order valence-corrected chi connectivity index (χ2v) is 8.07. The van der Waals surface area contributed by atoms with E-state index in [-0.39, 0.29) is 5.91 Å². The van der Waals surface area contributed by atoms with Crippen LogP contribution in [0.3, 0.4) is 0 Å². The fourth-order valence-electron chi connectivity index (χ4n) is 4.07. The molecule has 5 nitrogen and oxygen atoms in total. The van der Waals surface area contributed by atoms with Crippen molar-refractivity contribution in [3.05, 3.63) is 108 Å². The molecule has 3 aromatic carbocycles. The third-order valence-electron chi connectivity index (χ3n) is 5.93. The molecule has 1 aromatic heterocycles. The molecule has 0 radical (unpaired) electrons. The van der Waals surface area contributed by atoms with Crippen molar-refractivity contribution in [2.24, 2.45) is 5.10 Å². The number of hydrazone groups is 1. The van der Waals surface area contributed by atoms with E-state index in [1.165, 1.54) is 5.69 Å². The van der Waals surface area contributed by atoms with Crippen LogP contribution in [0.25, 0.3) is 16.9 Å². The zero-order chi connectivity index (χ0) is 23.9. The summed E-state index contributed by atoms with van der Waals surface area (Å²) in [5, 5.41) is 4.13. The molecule has 0 saturated carbocycles. The van der Waals surface area contributed by atoms with E-state index in [1.54, 1.807) is 6.21 Å². The van der Waals surface area contributed by atoms with Crippen molar-refractivity contribution in [1.82, 2.24) is 9.99 Å². The summed E-state index contributed by atoms with van der Waals surface area (Å²) in [5.74, 6) is -0.241. The maximum absolute atomic E-state index is 12.6. The van der Waals surface area contributed by atoms with Crippen molar-refractivity contribution in [3.8, 4) is 16.9 Å². The normalized spacial score (nSPS) is 11.0. The standard InChI is InChI=1S/C29H30N4O/c1-4-32(5-2)26-16-12-23(13-17-26)21-30-31-29(34)25-14-18-27(19-15-25)33-22(3)11-20-28(33)24-9-7-6-8-10-24/h6-21H,4-5H2,1-3H3,(H,31,34)/b30-21+. The number of nitrogens with one attached hydrogen (secondary N) is 1. The van der Waals surface area contributed by atoms with E-state index in [9.17, 15) is 4.79 Å². The number of hydrogen-bond acceptors (Lipinski definition) is 3. The molecule has 0 bridgehead atoms. The predicted octanol–water partition coefficient (Wildman–Crippen LogP) is 6.06. The highest BCUT2D eigenvalue weighted by atomic mass is 16.2. The Hall–Kier alpha value is -4.12. The number of hydrogen-bond donors (Lipinski definition) is 1. The summed E-state index contributed by atoms with van der Waals surface area (Å²) in [4.78, 5) is 14.9. The third-order valence-corrected chi connectivity index (χ3v) is 5.93. The number of anilines is 1. The van der Waals surface area contributed by atoms with Gasteiger partial charge in [-0.05, 0) is 80.4 Å². The van der Waals surface area contributed by atoms with Gasteiger partial charge in [-0.2, -0.15) is 5.10 Å². The Bertz CT molecular complexity index is 1250. The molecular formula is C29H30N4O. The third kappa shape index (κ3) is 5.09. The first-order valence-electron chi connectivity index (χ1n) is 11.6. The molecule has 0 atom stereocenters. The number of nitrogens with zero attached hydrogens (tertiary/aromatic N) is 3. The maximum Gasteiger partial charge on any atom is 0.271 e. The number of aromatic nitrogens is 1. The lowest BCUT2D eigenvalue weighted by Gasteiger charge is -2.20. The molecule has 0 aliphatic rings. The fraction of sp³-hybridized carbons (Fsp3) is 0.172. The second kappa shape index (κ2) is 10.7. The van der Waals surface area contributed by atoms with Gasteiger partial charge in [-0.1, -0.05) is 42.5 Å². The predicted molar refractivity (Wildman–Crippen MR) is 141 cm³/mol. The lowest BCUT2D eigenvalue weighted by Crippen LogP contribution is -2.21. The Morgan fingerprint density at radius 3 is 2.21 bits per heavy atom. The first kappa shape index (κ1) is 23.1. The van der Waals surface area contributed by atoms with Crippen molar-refractivity contribution in [3.63, 3.8) is 0 Å². The fourth-order valence-corrected chi connectivity index (χ4v) is 4.07. The molecule has 1 N–H and O–H groups in total. The van der Waals surface area contributed by atoms with Gasteiger partial charge in [0.05, 0.1) is 11.9 Å². The van der Waals surface area contributed by atoms with E-state index in [0.29, 0.717) is 5.56 Å². The molecule has 5 heteroatoms. The molecule has 4 aromatic rings. The second-order valence-electron chi connectivity index (χ2n) is 8.07. The van der Waals surface area contributed by atoms with Crippen molar-refractivity contribution >= 4 is 17.8 Å². The molecule has 1 amide bonds. The van der Waals surface area contributed by atoms with Gasteiger partial charge in [0.15, 0.2) is 0 Å². The van der Waals surface area contributed by atoms with Crippen molar-refractivity contribution in [2.45, 2.75) is 20.8 Å². The molecule has 0 saturated heterocycles. The van der Waals surface area contributed by atoms with Gasteiger partial charge in [-0.3, -0.25) is 4.79 Å². The molecule has 0 aliphatic carbocycles. The minimum Gasteiger partial charge on any atom is -0.372 e. The monoisotopic (exact) mass is 450 g/mol. The Morgan fingerprint density at radius 1 is 0.882 bits per heavy atom. The summed E-state index contributed by atoms with van der Waals surface area (Å²) in [6, 6.07) is 30.2. The number of amides is 1. The summed E-state index contributed by atoms with van der Waals surface area (Å²) in [6.07, 6.45) is 1.66. The van der Waals surface area contributed by atoms with Gasteiger partial charge < -0.3 is 9.47 Å². The molecule has 4 rings (SSSR count). The van der Waals surface area contributed by atoms with Crippen LogP contribution < -0.4 is 10.3 Å². The van der Waals surface area contributed by atoms with Gasteiger partial charge in [0.2, 0.25) is 0 Å². The van der Waals surface area contributed by atoms with Gasteiger partial charge in [0.1, 0.15) is 0 Å². The minimum atomic E-state index is -0.241. The van der Waals surface area contributed by atoms with Crippen LogP contribution in [0.2, 0.25) is 0 Å². The molecular weight excluding hydrogens is 420 g/mol. The van der Waals surface area contributed by atoms with E-state index in [1.807, 2.05) is 54.6 Å². The number of rotatable bonds is 8. The minimum absolute atomic E-state index is 0.241. The zero-order valence-electron chi connectivity index (χ0n) is 19.9. The van der Waals surface area contributed by atoms with Crippen LogP contribution in [0.5, 0.6) is 0 Å². The molecule has 1 heterocycles. The molecule has 172 valence electrons. The Balaban J connectivity index is 1.43. The molecule has 0 aliphatic heterocycles. The Morgan fingerprint density at radius 2 is 1.56 bits per heavy atom. The van der Waals surface area contributed by atoms with Gasteiger partial charge >= 0.3 is 0 Å². The quantitative estimate of drug-likeness (QED) is 0.262. The summed E-state index contributed by atoms with van der Waals surface area (Å²) >= 11 is 0. The van der Waals surface area contributed by atoms with Crippen LogP contribution in [-0.4, -0.2) is 29.8 Å². The topological polar surface area (TPSA) is 49.6 Å². The van der Waals surface area contributed by atoms with Crippen LogP contribution in [0, 0.1) is 6.92 Å². The summed E-state index contributed by atoms with van der Waals surface area (Å²) in [6.45, 7) is 8.30. The highest BCUT2D eigenvalue weighted by Crippen LogP contribution is 2.26. The summed E-state index contributed by atoms with van der Waals surface area (Å²) in [7, 11) is 0. The van der Waals surface area contributed by atoms with Crippen LogP contribution in [0.1, 0.15) is 35.5 Å². The number of aryl methyl sites for hydroxylation is 1. The van der Waals surface area contributed by atoms with Gasteiger partial charge in [0, 0.05) is 35.7 Å². The molecule has 0 unspecified atom stereocenters. The first-order valence-corrected chi connectivity index (χ1v) is 11.6. The molecule has 0 fully saturated rings. The van der Waals surface area contributed by atoms with Crippen LogP contribution in [0.4, 0.5) is 5.69 Å². The van der Waals surface area contributed by atoms with Gasteiger partial charge in [-0.15, -0.1) is 0 Å². The Labute approximate surface area is 201 Å². The van der Waals surface area contributed by atoms with Gasteiger partial charge in [-0.25, -0.2) is 5.43 Å². The smallest absolute Gasteiger partial charge is 0.271 e.